The van der Waals surface area contributed by atoms with Gasteiger partial charge < -0.3 is 0 Å². The normalized spacial score (nSPS) is 10.8. The van der Waals surface area contributed by atoms with Gasteiger partial charge in [0, 0.05) is 0 Å². The van der Waals surface area contributed by atoms with Gasteiger partial charge in [-0.3, -0.25) is 0 Å². The zero-order valence-corrected chi connectivity index (χ0v) is 16.8. The van der Waals surface area contributed by atoms with Crippen molar-refractivity contribution in [3.8, 4) is 0 Å². The second-order valence-corrected chi connectivity index (χ2v) is 7.41. The van der Waals surface area contributed by atoms with E-state index in [2.05, 4.69) is 122 Å². The van der Waals surface area contributed by atoms with E-state index < -0.39 is 0 Å². The van der Waals surface area contributed by atoms with Crippen molar-refractivity contribution in [1.29, 1.82) is 0 Å². The fourth-order valence-electron chi connectivity index (χ4n) is 4.28. The summed E-state index contributed by atoms with van der Waals surface area (Å²) in [6, 6.07) is 38.5. The van der Waals surface area contributed by atoms with Crippen LogP contribution in [0.3, 0.4) is 0 Å². The first-order valence-corrected chi connectivity index (χ1v) is 10.3. The topological polar surface area (TPSA) is 0 Å². The molecule has 0 unspecified atom stereocenters. The maximum absolute atomic E-state index is 4.17. The van der Waals surface area contributed by atoms with E-state index in [1.165, 1.54) is 49.4 Å². The lowest BCUT2D eigenvalue weighted by molar-refractivity contribution is 1.55. The average Bonchev–Trinajstić information content (AvgIpc) is 2.83. The Morgan fingerprint density at radius 2 is 0.867 bits per heavy atom. The van der Waals surface area contributed by atoms with Crippen LogP contribution in [0.15, 0.2) is 116 Å². The highest BCUT2D eigenvalue weighted by Crippen LogP contribution is 2.37. The Hall–Kier alpha value is -3.90. The van der Waals surface area contributed by atoms with Crippen LogP contribution in [0, 0.1) is 0 Å². The van der Waals surface area contributed by atoms with Gasteiger partial charge in [-0.25, -0.2) is 0 Å². The van der Waals surface area contributed by atoms with Crippen LogP contribution in [0.25, 0.3) is 39.3 Å². The number of hydrogen-bond donors (Lipinski definition) is 0. The van der Waals surface area contributed by atoms with Gasteiger partial charge in [0.1, 0.15) is 0 Å². The van der Waals surface area contributed by atoms with Gasteiger partial charge in [-0.05, 0) is 55.4 Å². The van der Waals surface area contributed by atoms with Crippen LogP contribution >= 0.6 is 0 Å². The minimum absolute atomic E-state index is 1.17. The molecular weight excluding hydrogens is 360 g/mol. The molecule has 0 spiro atoms. The van der Waals surface area contributed by atoms with Crippen LogP contribution in [0.1, 0.15) is 22.3 Å². The molecule has 0 heterocycles. The third-order valence-corrected chi connectivity index (χ3v) is 5.68. The summed E-state index contributed by atoms with van der Waals surface area (Å²) in [6.45, 7) is 4.17. The van der Waals surface area contributed by atoms with Crippen LogP contribution in [-0.2, 0) is 0 Å². The van der Waals surface area contributed by atoms with E-state index >= 15 is 0 Å². The highest BCUT2D eigenvalue weighted by Gasteiger charge is 2.13. The minimum atomic E-state index is 1.17. The van der Waals surface area contributed by atoms with Crippen molar-refractivity contribution in [3.63, 3.8) is 0 Å². The van der Waals surface area contributed by atoms with Crippen LogP contribution < -0.4 is 0 Å². The van der Waals surface area contributed by atoms with Gasteiger partial charge in [-0.15, -0.1) is 0 Å². The van der Waals surface area contributed by atoms with E-state index in [0.29, 0.717) is 0 Å². The highest BCUT2D eigenvalue weighted by atomic mass is 14.2. The summed E-state index contributed by atoms with van der Waals surface area (Å²) in [5.74, 6) is 0. The van der Waals surface area contributed by atoms with Crippen molar-refractivity contribution < 1.29 is 0 Å². The van der Waals surface area contributed by atoms with Crippen molar-refractivity contribution in [3.05, 3.63) is 138 Å². The Labute approximate surface area is 177 Å². The molecule has 5 aromatic carbocycles. The number of rotatable bonds is 4. The Bertz CT molecular complexity index is 1330. The quantitative estimate of drug-likeness (QED) is 0.217. The molecule has 0 nitrogen and oxygen atoms in total. The Kier molecular flexibility index (Phi) is 4.75. The summed E-state index contributed by atoms with van der Waals surface area (Å²) in [6.07, 6.45) is 4.32. The molecule has 0 N–H and O–H groups in total. The molecule has 5 rings (SSSR count). The Morgan fingerprint density at radius 3 is 1.33 bits per heavy atom. The molecule has 0 saturated carbocycles. The van der Waals surface area contributed by atoms with Crippen LogP contribution in [0.4, 0.5) is 0 Å². The first-order valence-electron chi connectivity index (χ1n) is 10.3. The molecule has 0 aliphatic carbocycles. The second kappa shape index (κ2) is 7.85. The van der Waals surface area contributed by atoms with Crippen molar-refractivity contribution in [1.82, 2.24) is 0 Å². The Morgan fingerprint density at radius 1 is 0.467 bits per heavy atom. The standard InChI is InChI=1S/C30H22/c1-2-24-25-17-9-10-18-26(25)27-19-11-12-20-28(27)30(24)21-29(22-13-5-3-6-14-22)23-15-7-4-8-16-23/h2-21H,1H2. The molecule has 5 aromatic rings. The van der Waals surface area contributed by atoms with Crippen molar-refractivity contribution in [2.75, 3.05) is 0 Å². The van der Waals surface area contributed by atoms with E-state index in [1.54, 1.807) is 0 Å². The monoisotopic (exact) mass is 382 g/mol. The molecule has 0 fully saturated rings. The predicted octanol–water partition coefficient (Wildman–Crippen LogP) is 8.22. The van der Waals surface area contributed by atoms with E-state index in [4.69, 9.17) is 0 Å². The van der Waals surface area contributed by atoms with Gasteiger partial charge in [0.2, 0.25) is 0 Å². The largest absolute Gasteiger partial charge is 0.0984 e. The third kappa shape index (κ3) is 3.13. The molecule has 30 heavy (non-hydrogen) atoms. The van der Waals surface area contributed by atoms with E-state index in [0.717, 1.165) is 0 Å². The molecule has 0 radical (unpaired) electrons. The average molecular weight is 383 g/mol. The first kappa shape index (κ1) is 18.1. The van der Waals surface area contributed by atoms with Crippen molar-refractivity contribution in [2.45, 2.75) is 0 Å². The maximum atomic E-state index is 4.17. The zero-order chi connectivity index (χ0) is 20.3. The number of benzene rings is 5. The lowest BCUT2D eigenvalue weighted by Gasteiger charge is -2.15. The highest BCUT2D eigenvalue weighted by molar-refractivity contribution is 6.16. The summed E-state index contributed by atoms with van der Waals surface area (Å²) < 4.78 is 0. The minimum Gasteiger partial charge on any atom is -0.0984 e. The van der Waals surface area contributed by atoms with E-state index in [-0.39, 0.29) is 0 Å². The van der Waals surface area contributed by atoms with Crippen LogP contribution in [0.2, 0.25) is 0 Å². The molecule has 0 heteroatoms. The third-order valence-electron chi connectivity index (χ3n) is 5.68. The van der Waals surface area contributed by atoms with Gasteiger partial charge >= 0.3 is 0 Å². The van der Waals surface area contributed by atoms with Crippen LogP contribution in [-0.4, -0.2) is 0 Å². The first-order chi connectivity index (χ1) is 14.9. The fourth-order valence-corrected chi connectivity index (χ4v) is 4.28. The lowest BCUT2D eigenvalue weighted by atomic mass is 9.88. The summed E-state index contributed by atoms with van der Waals surface area (Å²) in [4.78, 5) is 0. The van der Waals surface area contributed by atoms with Gasteiger partial charge in [0.25, 0.3) is 0 Å². The number of fused-ring (bicyclic) bond motifs is 3. The molecule has 0 bridgehead atoms. The van der Waals surface area contributed by atoms with Gasteiger partial charge in [0.05, 0.1) is 0 Å². The summed E-state index contributed by atoms with van der Waals surface area (Å²) in [5, 5.41) is 5.01. The van der Waals surface area contributed by atoms with Gasteiger partial charge in [-0.2, -0.15) is 0 Å². The van der Waals surface area contributed by atoms with E-state index in [9.17, 15) is 0 Å². The van der Waals surface area contributed by atoms with Crippen LogP contribution in [0.5, 0.6) is 0 Å². The Balaban J connectivity index is 1.91. The zero-order valence-electron chi connectivity index (χ0n) is 16.8. The van der Waals surface area contributed by atoms with Crippen molar-refractivity contribution in [2.24, 2.45) is 0 Å². The van der Waals surface area contributed by atoms with E-state index in [1.807, 2.05) is 6.08 Å². The van der Waals surface area contributed by atoms with Gasteiger partial charge in [0.15, 0.2) is 0 Å². The molecule has 0 aliphatic heterocycles. The maximum Gasteiger partial charge on any atom is -0.00928 e. The molecule has 0 atom stereocenters. The molecule has 0 amide bonds. The smallest absolute Gasteiger partial charge is 0.00928 e. The molecule has 0 aliphatic rings. The lowest BCUT2D eigenvalue weighted by Crippen LogP contribution is -1.92. The molecular formula is C30H22. The summed E-state index contributed by atoms with van der Waals surface area (Å²) in [5.41, 5.74) is 6.00. The van der Waals surface area contributed by atoms with Gasteiger partial charge in [-0.1, -0.05) is 122 Å². The molecule has 0 saturated heterocycles. The number of hydrogen-bond acceptors (Lipinski definition) is 0. The fraction of sp³-hybridized carbons (Fsp3) is 0. The molecule has 0 aromatic heterocycles. The van der Waals surface area contributed by atoms with Crippen molar-refractivity contribution >= 4 is 39.3 Å². The summed E-state index contributed by atoms with van der Waals surface area (Å²) >= 11 is 0. The second-order valence-electron chi connectivity index (χ2n) is 7.41. The SMILES string of the molecule is C=Cc1c(C=C(c2ccccc2)c2ccccc2)c2ccccc2c2ccccc12. The summed E-state index contributed by atoms with van der Waals surface area (Å²) in [7, 11) is 0. The molecule has 142 valence electrons. The predicted molar refractivity (Wildman–Crippen MR) is 131 cm³/mol.